The number of pyridine rings is 1. The van der Waals surface area contributed by atoms with Crippen molar-refractivity contribution in [1.82, 2.24) is 9.88 Å². The Kier molecular flexibility index (Phi) is 5.84. The monoisotopic (exact) mass is 384 g/mol. The third-order valence-electron chi connectivity index (χ3n) is 4.49. The molecule has 1 aromatic heterocycles. The largest absolute Gasteiger partial charge is 0.416 e. The molecule has 0 atom stereocenters. The van der Waals surface area contributed by atoms with Crippen LogP contribution < -0.4 is 0 Å². The normalized spacial score (nSPS) is 14.3. The van der Waals surface area contributed by atoms with Gasteiger partial charge in [0.2, 0.25) is 0 Å². The number of allylic oxidation sites excluding steroid dienone is 1. The van der Waals surface area contributed by atoms with Crippen molar-refractivity contribution >= 4 is 5.91 Å². The Bertz CT molecular complexity index is 957. The number of carbonyl (C=O) groups is 1. The molecule has 2 heterocycles. The Hall–Kier alpha value is -3.07. The highest BCUT2D eigenvalue weighted by atomic mass is 19.4. The first-order valence-corrected chi connectivity index (χ1v) is 8.92. The van der Waals surface area contributed by atoms with Crippen molar-refractivity contribution in [2.24, 2.45) is 0 Å². The van der Waals surface area contributed by atoms with Gasteiger partial charge in [-0.3, -0.25) is 4.79 Å². The quantitative estimate of drug-likeness (QED) is 0.672. The first-order chi connectivity index (χ1) is 13.3. The van der Waals surface area contributed by atoms with Crippen LogP contribution in [0, 0.1) is 18.8 Å². The van der Waals surface area contributed by atoms with Gasteiger partial charge in [-0.05, 0) is 62.1 Å². The molecule has 0 saturated carbocycles. The molecule has 1 aliphatic rings. The zero-order valence-corrected chi connectivity index (χ0v) is 15.4. The second-order valence-electron chi connectivity index (χ2n) is 6.61. The van der Waals surface area contributed by atoms with E-state index in [0.717, 1.165) is 23.4 Å². The Labute approximate surface area is 161 Å². The van der Waals surface area contributed by atoms with Crippen LogP contribution >= 0.6 is 0 Å². The van der Waals surface area contributed by atoms with E-state index in [1.54, 1.807) is 4.90 Å². The predicted octanol–water partition coefficient (Wildman–Crippen LogP) is 4.62. The average molecular weight is 384 g/mol. The molecular weight excluding hydrogens is 365 g/mol. The van der Waals surface area contributed by atoms with Gasteiger partial charge >= 0.3 is 6.18 Å². The molecule has 1 fully saturated rings. The lowest BCUT2D eigenvalue weighted by Crippen LogP contribution is -2.36. The van der Waals surface area contributed by atoms with Gasteiger partial charge < -0.3 is 4.90 Å². The molecule has 6 heteroatoms. The SMILES string of the molecule is Cc1cccc(C#CC=C2CCN(C(=O)c3cccc(C(F)(F)F)c3)CC2)n1. The summed E-state index contributed by atoms with van der Waals surface area (Å²) >= 11 is 0. The maximum absolute atomic E-state index is 12.8. The van der Waals surface area contributed by atoms with Gasteiger partial charge in [0.1, 0.15) is 5.69 Å². The zero-order chi connectivity index (χ0) is 20.1. The zero-order valence-electron chi connectivity index (χ0n) is 15.4. The number of carbonyl (C=O) groups excluding carboxylic acids is 1. The summed E-state index contributed by atoms with van der Waals surface area (Å²) in [7, 11) is 0. The second-order valence-corrected chi connectivity index (χ2v) is 6.61. The van der Waals surface area contributed by atoms with Crippen LogP contribution in [0.4, 0.5) is 13.2 Å². The van der Waals surface area contributed by atoms with E-state index in [4.69, 9.17) is 0 Å². The molecule has 1 aromatic carbocycles. The van der Waals surface area contributed by atoms with E-state index >= 15 is 0 Å². The van der Waals surface area contributed by atoms with Gasteiger partial charge in [-0.25, -0.2) is 4.98 Å². The molecular formula is C22H19F3N2O. The molecule has 3 nitrogen and oxygen atoms in total. The molecule has 0 bridgehead atoms. The van der Waals surface area contributed by atoms with E-state index < -0.39 is 11.7 Å². The smallest absolute Gasteiger partial charge is 0.338 e. The summed E-state index contributed by atoms with van der Waals surface area (Å²) in [5.41, 5.74) is 1.98. The van der Waals surface area contributed by atoms with Crippen LogP contribution in [-0.2, 0) is 6.18 Å². The van der Waals surface area contributed by atoms with Gasteiger partial charge in [0, 0.05) is 24.3 Å². The van der Waals surface area contributed by atoms with Crippen LogP contribution in [0.15, 0.2) is 54.1 Å². The lowest BCUT2D eigenvalue weighted by molar-refractivity contribution is -0.137. The minimum Gasteiger partial charge on any atom is -0.338 e. The molecule has 3 rings (SSSR count). The summed E-state index contributed by atoms with van der Waals surface area (Å²) in [6, 6.07) is 10.2. The van der Waals surface area contributed by atoms with Crippen molar-refractivity contribution in [3.05, 3.63) is 76.6 Å². The molecule has 0 unspecified atom stereocenters. The van der Waals surface area contributed by atoms with Crippen molar-refractivity contribution in [3.63, 3.8) is 0 Å². The number of hydrogen-bond donors (Lipinski definition) is 0. The fraction of sp³-hybridized carbons (Fsp3) is 0.273. The maximum atomic E-state index is 12.8. The highest BCUT2D eigenvalue weighted by Gasteiger charge is 2.31. The topological polar surface area (TPSA) is 33.2 Å². The predicted molar refractivity (Wildman–Crippen MR) is 101 cm³/mol. The number of aromatic nitrogens is 1. The van der Waals surface area contributed by atoms with Crippen molar-refractivity contribution in [3.8, 4) is 11.8 Å². The lowest BCUT2D eigenvalue weighted by Gasteiger charge is -2.28. The Morgan fingerprint density at radius 2 is 1.86 bits per heavy atom. The fourth-order valence-electron chi connectivity index (χ4n) is 2.98. The number of nitrogens with zero attached hydrogens (tertiary/aromatic N) is 2. The highest BCUT2D eigenvalue weighted by Crippen LogP contribution is 2.30. The maximum Gasteiger partial charge on any atom is 0.416 e. The number of rotatable bonds is 1. The molecule has 0 spiro atoms. The van der Waals surface area contributed by atoms with E-state index in [9.17, 15) is 18.0 Å². The third kappa shape index (κ3) is 5.01. The first kappa shape index (κ1) is 19.7. The van der Waals surface area contributed by atoms with Crippen LogP contribution in [0.2, 0.25) is 0 Å². The first-order valence-electron chi connectivity index (χ1n) is 8.92. The average Bonchev–Trinajstić information content (AvgIpc) is 2.67. The number of aryl methyl sites for hydroxylation is 1. The highest BCUT2D eigenvalue weighted by molar-refractivity contribution is 5.94. The van der Waals surface area contributed by atoms with E-state index in [1.165, 1.54) is 12.1 Å². The van der Waals surface area contributed by atoms with Crippen LogP contribution in [-0.4, -0.2) is 28.9 Å². The van der Waals surface area contributed by atoms with Gasteiger partial charge in [0.15, 0.2) is 0 Å². The van der Waals surface area contributed by atoms with Gasteiger partial charge in [0.25, 0.3) is 5.91 Å². The number of halogens is 3. The van der Waals surface area contributed by atoms with Crippen LogP contribution in [0.25, 0.3) is 0 Å². The van der Waals surface area contributed by atoms with Gasteiger partial charge in [-0.15, -0.1) is 0 Å². The lowest BCUT2D eigenvalue weighted by atomic mass is 10.0. The summed E-state index contributed by atoms with van der Waals surface area (Å²) in [5, 5.41) is 0. The fourth-order valence-corrected chi connectivity index (χ4v) is 2.98. The molecule has 1 saturated heterocycles. The van der Waals surface area contributed by atoms with Gasteiger partial charge in [0.05, 0.1) is 5.56 Å². The summed E-state index contributed by atoms with van der Waals surface area (Å²) in [5.74, 6) is 5.61. The van der Waals surface area contributed by atoms with Crippen molar-refractivity contribution < 1.29 is 18.0 Å². The summed E-state index contributed by atoms with van der Waals surface area (Å²) in [4.78, 5) is 18.4. The number of piperidine rings is 1. The number of alkyl halides is 3. The third-order valence-corrected chi connectivity index (χ3v) is 4.49. The molecule has 1 amide bonds. The number of hydrogen-bond acceptors (Lipinski definition) is 2. The minimum absolute atomic E-state index is 0.0626. The molecule has 0 aliphatic carbocycles. The van der Waals surface area contributed by atoms with Crippen LogP contribution in [0.3, 0.4) is 0 Å². The summed E-state index contributed by atoms with van der Waals surface area (Å²) < 4.78 is 38.5. The van der Waals surface area contributed by atoms with Gasteiger partial charge in [-0.1, -0.05) is 23.6 Å². The van der Waals surface area contributed by atoms with E-state index in [1.807, 2.05) is 31.2 Å². The molecule has 2 aromatic rings. The van der Waals surface area contributed by atoms with E-state index in [0.29, 0.717) is 31.6 Å². The molecule has 28 heavy (non-hydrogen) atoms. The Morgan fingerprint density at radius 1 is 1.14 bits per heavy atom. The van der Waals surface area contributed by atoms with Crippen LogP contribution in [0.5, 0.6) is 0 Å². The minimum atomic E-state index is -4.46. The van der Waals surface area contributed by atoms with Crippen molar-refractivity contribution in [2.75, 3.05) is 13.1 Å². The standard InChI is InChI=1S/C22H19F3N2O/c1-16-5-2-9-20(26-16)10-3-6-17-11-13-27(14-12-17)21(28)18-7-4-8-19(15-18)22(23,24)25/h2,4-9,15H,11-14H2,1H3. The molecule has 144 valence electrons. The van der Waals surface area contributed by atoms with Crippen LogP contribution in [0.1, 0.15) is 40.2 Å². The molecule has 0 radical (unpaired) electrons. The van der Waals surface area contributed by atoms with Crippen molar-refractivity contribution in [1.29, 1.82) is 0 Å². The number of amides is 1. The van der Waals surface area contributed by atoms with Crippen molar-refractivity contribution in [2.45, 2.75) is 25.9 Å². The Morgan fingerprint density at radius 3 is 2.54 bits per heavy atom. The van der Waals surface area contributed by atoms with E-state index in [2.05, 4.69) is 16.8 Å². The molecule has 1 aliphatic heterocycles. The Balaban J connectivity index is 1.62. The second kappa shape index (κ2) is 8.30. The number of likely N-dealkylation sites (tertiary alicyclic amines) is 1. The van der Waals surface area contributed by atoms with E-state index in [-0.39, 0.29) is 11.5 Å². The summed E-state index contributed by atoms with van der Waals surface area (Å²) in [6.45, 7) is 2.83. The number of benzene rings is 1. The molecule has 0 N–H and O–H groups in total. The van der Waals surface area contributed by atoms with Gasteiger partial charge in [-0.2, -0.15) is 13.2 Å². The summed E-state index contributed by atoms with van der Waals surface area (Å²) in [6.07, 6.45) is -1.31.